The lowest BCUT2D eigenvalue weighted by atomic mass is 9.88. The Balaban J connectivity index is 2.02. The van der Waals surface area contributed by atoms with Crippen molar-refractivity contribution in [3.05, 3.63) is 0 Å². The molecule has 2 heterocycles. The van der Waals surface area contributed by atoms with E-state index < -0.39 is 23.5 Å². The van der Waals surface area contributed by atoms with Gasteiger partial charge in [-0.3, -0.25) is 4.79 Å². The Labute approximate surface area is 122 Å². The van der Waals surface area contributed by atoms with Crippen LogP contribution in [0.3, 0.4) is 0 Å². The average Bonchev–Trinajstić information content (AvgIpc) is 2.48. The molecule has 21 heavy (non-hydrogen) atoms. The zero-order chi connectivity index (χ0) is 15.5. The summed E-state index contributed by atoms with van der Waals surface area (Å²) in [4.78, 5) is 36.5. The van der Waals surface area contributed by atoms with Gasteiger partial charge >= 0.3 is 12.0 Å². The van der Waals surface area contributed by atoms with E-state index in [2.05, 4.69) is 5.32 Å². The fourth-order valence-electron chi connectivity index (χ4n) is 2.84. The molecule has 0 radical (unpaired) electrons. The number of urea groups is 1. The number of carboxylic acid groups (broad SMARTS) is 1. The van der Waals surface area contributed by atoms with Gasteiger partial charge in [-0.15, -0.1) is 0 Å². The monoisotopic (exact) mass is 299 g/mol. The summed E-state index contributed by atoms with van der Waals surface area (Å²) in [5, 5.41) is 12.1. The van der Waals surface area contributed by atoms with Crippen molar-refractivity contribution in [3.8, 4) is 0 Å². The number of likely N-dealkylation sites (tertiary alicyclic amines) is 1. The van der Waals surface area contributed by atoms with Crippen molar-refractivity contribution >= 4 is 17.9 Å². The first-order valence-electron chi connectivity index (χ1n) is 7.12. The van der Waals surface area contributed by atoms with Crippen molar-refractivity contribution in [1.82, 2.24) is 10.2 Å². The molecular formula is C13H21N3O5. The van der Waals surface area contributed by atoms with Gasteiger partial charge < -0.3 is 25.8 Å². The highest BCUT2D eigenvalue weighted by atomic mass is 16.5. The summed E-state index contributed by atoms with van der Waals surface area (Å²) in [6.07, 6.45) is 1.81. The van der Waals surface area contributed by atoms with Crippen LogP contribution in [0.4, 0.5) is 4.79 Å². The Morgan fingerprint density at radius 2 is 1.95 bits per heavy atom. The van der Waals surface area contributed by atoms with Crippen molar-refractivity contribution in [2.45, 2.75) is 31.2 Å². The second-order valence-corrected chi connectivity index (χ2v) is 5.61. The molecule has 2 fully saturated rings. The minimum absolute atomic E-state index is 0.243. The highest BCUT2D eigenvalue weighted by molar-refractivity contribution is 5.88. The number of rotatable bonds is 3. The highest BCUT2D eigenvalue weighted by Crippen LogP contribution is 2.23. The molecule has 2 saturated heterocycles. The van der Waals surface area contributed by atoms with Crippen molar-refractivity contribution in [3.63, 3.8) is 0 Å². The van der Waals surface area contributed by atoms with Crippen LogP contribution in [0.25, 0.3) is 0 Å². The minimum Gasteiger partial charge on any atom is -0.480 e. The van der Waals surface area contributed by atoms with E-state index in [9.17, 15) is 19.5 Å². The Morgan fingerprint density at radius 1 is 1.29 bits per heavy atom. The smallest absolute Gasteiger partial charge is 0.329 e. The molecule has 2 rings (SSSR count). The molecule has 1 unspecified atom stereocenters. The van der Waals surface area contributed by atoms with Crippen LogP contribution in [-0.4, -0.2) is 59.8 Å². The summed E-state index contributed by atoms with van der Waals surface area (Å²) in [7, 11) is 0. The molecule has 0 bridgehead atoms. The van der Waals surface area contributed by atoms with Crippen LogP contribution in [0.5, 0.6) is 0 Å². The van der Waals surface area contributed by atoms with Crippen LogP contribution < -0.4 is 11.1 Å². The van der Waals surface area contributed by atoms with Crippen molar-refractivity contribution in [2.75, 3.05) is 26.3 Å². The van der Waals surface area contributed by atoms with E-state index in [1.807, 2.05) is 0 Å². The number of carbonyl (C=O) groups is 3. The number of carbonyl (C=O) groups excluding carboxylic acids is 2. The normalized spacial score (nSPS) is 25.1. The molecule has 0 aromatic heterocycles. The van der Waals surface area contributed by atoms with Gasteiger partial charge in [-0.1, -0.05) is 0 Å². The predicted molar refractivity (Wildman–Crippen MR) is 72.4 cm³/mol. The maximum absolute atomic E-state index is 12.4. The first-order valence-corrected chi connectivity index (χ1v) is 7.12. The van der Waals surface area contributed by atoms with Gasteiger partial charge in [0.2, 0.25) is 5.91 Å². The third-order valence-electron chi connectivity index (χ3n) is 4.22. The van der Waals surface area contributed by atoms with Crippen LogP contribution in [-0.2, 0) is 14.3 Å². The first-order chi connectivity index (χ1) is 9.94. The van der Waals surface area contributed by atoms with E-state index >= 15 is 0 Å². The van der Waals surface area contributed by atoms with E-state index in [0.717, 1.165) is 0 Å². The summed E-state index contributed by atoms with van der Waals surface area (Å²) in [6, 6.07) is -0.550. The molecule has 0 spiro atoms. The van der Waals surface area contributed by atoms with Crippen LogP contribution in [0.1, 0.15) is 25.7 Å². The van der Waals surface area contributed by atoms with Gasteiger partial charge in [0.1, 0.15) is 5.54 Å². The number of carboxylic acids is 1. The highest BCUT2D eigenvalue weighted by Gasteiger charge is 2.43. The molecule has 8 heteroatoms. The Hall–Kier alpha value is -1.83. The molecule has 1 atom stereocenters. The van der Waals surface area contributed by atoms with Gasteiger partial charge in [0.15, 0.2) is 0 Å². The van der Waals surface area contributed by atoms with Gasteiger partial charge in [-0.05, 0) is 12.8 Å². The number of primary amides is 1. The van der Waals surface area contributed by atoms with E-state index in [1.54, 1.807) is 0 Å². The number of amides is 3. The van der Waals surface area contributed by atoms with Crippen molar-refractivity contribution < 1.29 is 24.2 Å². The maximum Gasteiger partial charge on any atom is 0.329 e. The largest absolute Gasteiger partial charge is 0.480 e. The summed E-state index contributed by atoms with van der Waals surface area (Å²) in [5.74, 6) is -1.78. The number of piperidine rings is 1. The number of nitrogens with two attached hydrogens (primary N) is 1. The Morgan fingerprint density at radius 3 is 2.52 bits per heavy atom. The minimum atomic E-state index is -1.26. The number of hydrogen-bond acceptors (Lipinski definition) is 4. The number of nitrogens with one attached hydrogen (secondary N) is 1. The van der Waals surface area contributed by atoms with E-state index in [0.29, 0.717) is 32.6 Å². The van der Waals surface area contributed by atoms with Crippen molar-refractivity contribution in [1.29, 1.82) is 0 Å². The standard InChI is InChI=1S/C13H21N3O5/c14-12(20)16-5-1-2-9(8-16)10(17)15-13(11(18)19)3-6-21-7-4-13/h9H,1-8H2,(H2,14,20)(H,15,17)(H,18,19). The van der Waals surface area contributed by atoms with Crippen molar-refractivity contribution in [2.24, 2.45) is 11.7 Å². The zero-order valence-corrected chi connectivity index (χ0v) is 11.8. The molecule has 118 valence electrons. The molecule has 3 amide bonds. The van der Waals surface area contributed by atoms with Gasteiger partial charge in [-0.25, -0.2) is 9.59 Å². The molecule has 0 aliphatic carbocycles. The second kappa shape index (κ2) is 6.30. The van der Waals surface area contributed by atoms with Gasteiger partial charge in [0.25, 0.3) is 0 Å². The number of nitrogens with zero attached hydrogens (tertiary/aromatic N) is 1. The summed E-state index contributed by atoms with van der Waals surface area (Å²) in [6.45, 7) is 1.40. The molecule has 8 nitrogen and oxygen atoms in total. The van der Waals surface area contributed by atoms with Crippen LogP contribution in [0, 0.1) is 5.92 Å². The third kappa shape index (κ3) is 3.44. The van der Waals surface area contributed by atoms with Crippen LogP contribution in [0.15, 0.2) is 0 Å². The lowest BCUT2D eigenvalue weighted by Gasteiger charge is -2.37. The lowest BCUT2D eigenvalue weighted by Crippen LogP contribution is -2.60. The van der Waals surface area contributed by atoms with Crippen LogP contribution in [0.2, 0.25) is 0 Å². The van der Waals surface area contributed by atoms with Gasteiger partial charge in [0, 0.05) is 39.1 Å². The predicted octanol–water partition coefficient (Wildman–Crippen LogP) is -0.473. The van der Waals surface area contributed by atoms with E-state index in [-0.39, 0.29) is 25.3 Å². The summed E-state index contributed by atoms with van der Waals surface area (Å²) >= 11 is 0. The van der Waals surface area contributed by atoms with E-state index in [1.165, 1.54) is 4.90 Å². The average molecular weight is 299 g/mol. The Kier molecular flexibility index (Phi) is 4.66. The van der Waals surface area contributed by atoms with Gasteiger partial charge in [0.05, 0.1) is 5.92 Å². The number of aliphatic carboxylic acids is 1. The molecule has 4 N–H and O–H groups in total. The fraction of sp³-hybridized carbons (Fsp3) is 0.769. The summed E-state index contributed by atoms with van der Waals surface area (Å²) in [5.41, 5.74) is 3.97. The maximum atomic E-state index is 12.4. The molecule has 0 aromatic carbocycles. The quantitative estimate of drug-likeness (QED) is 0.650. The SMILES string of the molecule is NC(=O)N1CCCC(C(=O)NC2(C(=O)O)CCOCC2)C1. The van der Waals surface area contributed by atoms with E-state index in [4.69, 9.17) is 10.5 Å². The molecule has 0 aromatic rings. The molecule has 0 saturated carbocycles. The molecule has 2 aliphatic rings. The second-order valence-electron chi connectivity index (χ2n) is 5.61. The van der Waals surface area contributed by atoms with Gasteiger partial charge in [-0.2, -0.15) is 0 Å². The summed E-state index contributed by atoms with van der Waals surface area (Å²) < 4.78 is 5.17. The zero-order valence-electron chi connectivity index (χ0n) is 11.8. The molecule has 2 aliphatic heterocycles. The molecular weight excluding hydrogens is 278 g/mol. The Bertz CT molecular complexity index is 434. The fourth-order valence-corrected chi connectivity index (χ4v) is 2.84. The third-order valence-corrected chi connectivity index (χ3v) is 4.22. The number of hydrogen-bond donors (Lipinski definition) is 3. The topological polar surface area (TPSA) is 122 Å². The lowest BCUT2D eigenvalue weighted by molar-refractivity contribution is -0.153. The first kappa shape index (κ1) is 15.6. The number of ether oxygens (including phenoxy) is 1. The van der Waals surface area contributed by atoms with Crippen LogP contribution >= 0.6 is 0 Å².